The van der Waals surface area contributed by atoms with Gasteiger partial charge in [0.15, 0.2) is 17.3 Å². The molecule has 0 bridgehead atoms. The summed E-state index contributed by atoms with van der Waals surface area (Å²) < 4.78 is 17.0. The highest BCUT2D eigenvalue weighted by atomic mass is 79.9. The fourth-order valence-corrected chi connectivity index (χ4v) is 4.56. The molecule has 1 unspecified atom stereocenters. The first-order valence-electron chi connectivity index (χ1n) is 10.1. The summed E-state index contributed by atoms with van der Waals surface area (Å²) in [6.07, 6.45) is 0. The number of ether oxygens (including phenoxy) is 3. The van der Waals surface area contributed by atoms with Gasteiger partial charge in [0, 0.05) is 16.6 Å². The first-order valence-corrected chi connectivity index (χ1v) is 10.9. The quantitative estimate of drug-likeness (QED) is 0.526. The Labute approximate surface area is 193 Å². The van der Waals surface area contributed by atoms with Crippen LogP contribution in [0.4, 0.5) is 0 Å². The number of benzene rings is 3. The number of amides is 1. The predicted octanol–water partition coefficient (Wildman–Crippen LogP) is 5.24. The van der Waals surface area contributed by atoms with Gasteiger partial charge >= 0.3 is 0 Å². The van der Waals surface area contributed by atoms with Crippen LogP contribution in [0.5, 0.6) is 17.2 Å². The number of aliphatic hydroxyl groups excluding tert-OH is 1. The van der Waals surface area contributed by atoms with E-state index in [0.29, 0.717) is 29.4 Å². The van der Waals surface area contributed by atoms with Gasteiger partial charge in [-0.1, -0.05) is 46.3 Å². The molecule has 0 radical (unpaired) electrons. The van der Waals surface area contributed by atoms with Crippen LogP contribution in [0.1, 0.15) is 22.7 Å². The second-order valence-electron chi connectivity index (χ2n) is 7.57. The van der Waals surface area contributed by atoms with Crippen LogP contribution in [-0.2, 0) is 11.3 Å². The molecular formula is C25H20BrNO5. The summed E-state index contributed by atoms with van der Waals surface area (Å²) in [5.74, 6) is 1.37. The summed E-state index contributed by atoms with van der Waals surface area (Å²) in [7, 11) is 1.60. The average molecular weight is 494 g/mol. The van der Waals surface area contributed by atoms with Gasteiger partial charge in [0.1, 0.15) is 5.75 Å². The number of aliphatic hydroxyl groups is 1. The minimum Gasteiger partial charge on any atom is -0.503 e. The van der Waals surface area contributed by atoms with Crippen molar-refractivity contribution >= 4 is 27.4 Å². The summed E-state index contributed by atoms with van der Waals surface area (Å²) in [5, 5.41) is 10.9. The molecule has 6 nitrogen and oxygen atoms in total. The van der Waals surface area contributed by atoms with Crippen LogP contribution in [0.2, 0.25) is 0 Å². The molecule has 0 fully saturated rings. The van der Waals surface area contributed by atoms with Crippen LogP contribution in [-0.4, -0.2) is 29.8 Å². The van der Waals surface area contributed by atoms with E-state index in [1.54, 1.807) is 12.0 Å². The zero-order valence-electron chi connectivity index (χ0n) is 17.2. The van der Waals surface area contributed by atoms with Crippen LogP contribution >= 0.6 is 15.9 Å². The third kappa shape index (κ3) is 3.58. The van der Waals surface area contributed by atoms with E-state index in [2.05, 4.69) is 15.9 Å². The molecule has 3 aromatic rings. The summed E-state index contributed by atoms with van der Waals surface area (Å²) in [5.41, 5.74) is 3.10. The largest absolute Gasteiger partial charge is 0.503 e. The molecule has 0 spiro atoms. The van der Waals surface area contributed by atoms with Gasteiger partial charge in [-0.2, -0.15) is 0 Å². The van der Waals surface area contributed by atoms with Crippen LogP contribution in [0.25, 0.3) is 5.57 Å². The Hall–Kier alpha value is -3.45. The first kappa shape index (κ1) is 20.5. The number of carbonyl (C=O) groups is 1. The van der Waals surface area contributed by atoms with Crippen molar-refractivity contribution in [1.29, 1.82) is 0 Å². The molecule has 2 heterocycles. The second-order valence-corrected chi connectivity index (χ2v) is 8.48. The van der Waals surface area contributed by atoms with Crippen LogP contribution < -0.4 is 14.2 Å². The molecule has 0 aliphatic carbocycles. The molecule has 32 heavy (non-hydrogen) atoms. The van der Waals surface area contributed by atoms with Gasteiger partial charge in [-0.3, -0.25) is 4.79 Å². The number of fused-ring (bicyclic) bond motifs is 1. The zero-order valence-corrected chi connectivity index (χ0v) is 18.8. The lowest BCUT2D eigenvalue weighted by atomic mass is 9.93. The Morgan fingerprint density at radius 1 is 1.06 bits per heavy atom. The van der Waals surface area contributed by atoms with E-state index in [1.165, 1.54) is 0 Å². The van der Waals surface area contributed by atoms with Gasteiger partial charge < -0.3 is 24.2 Å². The van der Waals surface area contributed by atoms with Gasteiger partial charge in [0.05, 0.1) is 13.2 Å². The molecule has 2 aliphatic rings. The third-order valence-electron chi connectivity index (χ3n) is 5.66. The van der Waals surface area contributed by atoms with Crippen molar-refractivity contribution in [1.82, 2.24) is 4.90 Å². The Morgan fingerprint density at radius 2 is 1.84 bits per heavy atom. The van der Waals surface area contributed by atoms with Crippen LogP contribution in [0.15, 0.2) is 77.0 Å². The lowest BCUT2D eigenvalue weighted by molar-refractivity contribution is -0.130. The molecule has 2 aliphatic heterocycles. The van der Waals surface area contributed by atoms with E-state index >= 15 is 0 Å². The number of hydrogen-bond donors (Lipinski definition) is 1. The highest BCUT2D eigenvalue weighted by Crippen LogP contribution is 2.45. The monoisotopic (exact) mass is 493 g/mol. The Bertz CT molecular complexity index is 1220. The van der Waals surface area contributed by atoms with E-state index in [1.807, 2.05) is 66.7 Å². The Kier molecular flexibility index (Phi) is 5.27. The molecular weight excluding hydrogens is 474 g/mol. The second kappa shape index (κ2) is 8.24. The molecule has 3 aromatic carbocycles. The highest BCUT2D eigenvalue weighted by molar-refractivity contribution is 9.10. The van der Waals surface area contributed by atoms with Crippen molar-refractivity contribution in [3.63, 3.8) is 0 Å². The molecule has 7 heteroatoms. The number of methoxy groups -OCH3 is 1. The van der Waals surface area contributed by atoms with E-state index in [4.69, 9.17) is 14.2 Å². The maximum atomic E-state index is 13.2. The minimum absolute atomic E-state index is 0.187. The van der Waals surface area contributed by atoms with E-state index in [-0.39, 0.29) is 12.6 Å². The smallest absolute Gasteiger partial charge is 0.290 e. The first-order chi connectivity index (χ1) is 15.5. The lowest BCUT2D eigenvalue weighted by Crippen LogP contribution is -2.29. The SMILES string of the molecule is COc1ccc(C2=C(O)C(=O)N(Cc3ccc4c(c3)OCO4)C2c2cccc(Br)c2)cc1. The van der Waals surface area contributed by atoms with Gasteiger partial charge in [0.2, 0.25) is 6.79 Å². The number of carbonyl (C=O) groups excluding carboxylic acids is 1. The summed E-state index contributed by atoms with van der Waals surface area (Å²) in [6, 6.07) is 20.3. The van der Waals surface area contributed by atoms with Gasteiger partial charge in [-0.05, 0) is 53.1 Å². The highest BCUT2D eigenvalue weighted by Gasteiger charge is 2.41. The fraction of sp³-hybridized carbons (Fsp3) is 0.160. The molecule has 0 saturated carbocycles. The van der Waals surface area contributed by atoms with Gasteiger partial charge in [-0.25, -0.2) is 0 Å². The van der Waals surface area contributed by atoms with Crippen molar-refractivity contribution in [2.24, 2.45) is 0 Å². The molecule has 1 amide bonds. The van der Waals surface area contributed by atoms with Crippen molar-refractivity contribution in [3.8, 4) is 17.2 Å². The van der Waals surface area contributed by atoms with Gasteiger partial charge in [0.25, 0.3) is 5.91 Å². The molecule has 0 saturated heterocycles. The van der Waals surface area contributed by atoms with Crippen LogP contribution in [0.3, 0.4) is 0 Å². The standard InChI is InChI=1S/C25H20BrNO5/c1-30-19-8-6-16(7-9-19)22-23(17-3-2-4-18(26)12-17)27(25(29)24(22)28)13-15-5-10-20-21(11-15)32-14-31-20/h2-12,23,28H,13-14H2,1H3. The lowest BCUT2D eigenvalue weighted by Gasteiger charge is -2.28. The zero-order chi connectivity index (χ0) is 22.2. The van der Waals surface area contributed by atoms with Crippen LogP contribution in [0, 0.1) is 0 Å². The van der Waals surface area contributed by atoms with Crippen molar-refractivity contribution in [2.75, 3.05) is 13.9 Å². The number of nitrogens with zero attached hydrogens (tertiary/aromatic N) is 1. The fourth-order valence-electron chi connectivity index (χ4n) is 4.14. The maximum absolute atomic E-state index is 13.2. The maximum Gasteiger partial charge on any atom is 0.290 e. The third-order valence-corrected chi connectivity index (χ3v) is 6.15. The minimum atomic E-state index is -0.459. The molecule has 1 N–H and O–H groups in total. The van der Waals surface area contributed by atoms with Crippen molar-refractivity contribution in [3.05, 3.63) is 93.7 Å². The molecule has 0 aromatic heterocycles. The predicted molar refractivity (Wildman–Crippen MR) is 123 cm³/mol. The number of halogens is 1. The number of rotatable bonds is 5. The Balaban J connectivity index is 1.57. The average Bonchev–Trinajstić information content (AvgIpc) is 3.37. The number of hydrogen-bond acceptors (Lipinski definition) is 5. The molecule has 162 valence electrons. The molecule has 5 rings (SSSR count). The van der Waals surface area contributed by atoms with Crippen molar-refractivity contribution < 1.29 is 24.1 Å². The van der Waals surface area contributed by atoms with Crippen molar-refractivity contribution in [2.45, 2.75) is 12.6 Å². The molecule has 1 atom stereocenters. The summed E-state index contributed by atoms with van der Waals surface area (Å²) in [4.78, 5) is 14.9. The normalized spacial score (nSPS) is 17.2. The van der Waals surface area contributed by atoms with E-state index in [0.717, 1.165) is 21.2 Å². The summed E-state index contributed by atoms with van der Waals surface area (Å²) in [6.45, 7) is 0.489. The van der Waals surface area contributed by atoms with Gasteiger partial charge in [-0.15, -0.1) is 0 Å². The summed E-state index contributed by atoms with van der Waals surface area (Å²) >= 11 is 3.53. The Morgan fingerprint density at radius 3 is 2.59 bits per heavy atom. The van der Waals surface area contributed by atoms with E-state index < -0.39 is 11.9 Å². The topological polar surface area (TPSA) is 68.2 Å². The van der Waals surface area contributed by atoms with E-state index in [9.17, 15) is 9.90 Å².